The first-order valence-corrected chi connectivity index (χ1v) is 8.18. The van der Waals surface area contributed by atoms with E-state index < -0.39 is 5.41 Å². The molecule has 0 aromatic heterocycles. The summed E-state index contributed by atoms with van der Waals surface area (Å²) in [5.41, 5.74) is -1.05. The van der Waals surface area contributed by atoms with Gasteiger partial charge in [0, 0.05) is 39.1 Å². The lowest BCUT2D eigenvalue weighted by atomic mass is 9.89. The monoisotopic (exact) mass is 309 g/mol. The fourth-order valence-electron chi connectivity index (χ4n) is 3.15. The SMILES string of the molecule is CC(=O)N1CCN(C(=O)C(C)(C)C(=O)NC2CCCC2)CC1. The molecule has 1 N–H and O–H groups in total. The molecule has 2 fully saturated rings. The van der Waals surface area contributed by atoms with Gasteiger partial charge in [0.15, 0.2) is 0 Å². The minimum absolute atomic E-state index is 0.0327. The van der Waals surface area contributed by atoms with Gasteiger partial charge in [-0.3, -0.25) is 14.4 Å². The van der Waals surface area contributed by atoms with Crippen LogP contribution >= 0.6 is 0 Å². The molecule has 1 saturated carbocycles. The van der Waals surface area contributed by atoms with E-state index in [2.05, 4.69) is 5.32 Å². The van der Waals surface area contributed by atoms with Crippen molar-refractivity contribution in [3.8, 4) is 0 Å². The lowest BCUT2D eigenvalue weighted by Crippen LogP contribution is -2.56. The molecule has 6 heteroatoms. The van der Waals surface area contributed by atoms with Crippen molar-refractivity contribution >= 4 is 17.7 Å². The van der Waals surface area contributed by atoms with Crippen LogP contribution < -0.4 is 5.32 Å². The van der Waals surface area contributed by atoms with Gasteiger partial charge in [-0.2, -0.15) is 0 Å². The maximum Gasteiger partial charge on any atom is 0.237 e. The van der Waals surface area contributed by atoms with Gasteiger partial charge in [0.05, 0.1) is 0 Å². The normalized spacial score (nSPS) is 20.1. The summed E-state index contributed by atoms with van der Waals surface area (Å²) in [5.74, 6) is -0.296. The fraction of sp³-hybridized carbons (Fsp3) is 0.812. The van der Waals surface area contributed by atoms with Crippen molar-refractivity contribution in [3.05, 3.63) is 0 Å². The van der Waals surface area contributed by atoms with Gasteiger partial charge in [-0.05, 0) is 26.7 Å². The Kier molecular flexibility index (Phi) is 5.08. The first kappa shape index (κ1) is 16.8. The first-order chi connectivity index (χ1) is 10.3. The Labute approximate surface area is 132 Å². The molecule has 2 rings (SSSR count). The molecule has 1 saturated heterocycles. The van der Waals surface area contributed by atoms with E-state index in [1.165, 1.54) is 6.92 Å². The second-order valence-corrected chi connectivity index (χ2v) is 6.88. The van der Waals surface area contributed by atoms with E-state index >= 15 is 0 Å². The average molecular weight is 309 g/mol. The van der Waals surface area contributed by atoms with Crippen molar-refractivity contribution < 1.29 is 14.4 Å². The van der Waals surface area contributed by atoms with Gasteiger partial charge >= 0.3 is 0 Å². The molecule has 22 heavy (non-hydrogen) atoms. The van der Waals surface area contributed by atoms with Gasteiger partial charge in [-0.25, -0.2) is 0 Å². The van der Waals surface area contributed by atoms with Crippen LogP contribution in [0.2, 0.25) is 0 Å². The Hall–Kier alpha value is -1.59. The van der Waals surface area contributed by atoms with Crippen LogP contribution in [0, 0.1) is 5.41 Å². The molecule has 1 heterocycles. The third-order valence-electron chi connectivity index (χ3n) is 4.80. The zero-order chi connectivity index (χ0) is 16.3. The molecule has 3 amide bonds. The molecule has 1 aliphatic heterocycles. The number of nitrogens with one attached hydrogen (secondary N) is 1. The van der Waals surface area contributed by atoms with E-state index in [4.69, 9.17) is 0 Å². The van der Waals surface area contributed by atoms with Crippen molar-refractivity contribution in [2.75, 3.05) is 26.2 Å². The van der Waals surface area contributed by atoms with Gasteiger partial charge in [0.2, 0.25) is 17.7 Å². The Bertz CT molecular complexity index is 448. The van der Waals surface area contributed by atoms with Crippen molar-refractivity contribution in [1.29, 1.82) is 0 Å². The minimum Gasteiger partial charge on any atom is -0.352 e. The molecule has 124 valence electrons. The highest BCUT2D eigenvalue weighted by Crippen LogP contribution is 2.23. The molecular weight excluding hydrogens is 282 g/mol. The van der Waals surface area contributed by atoms with Crippen LogP contribution in [0.25, 0.3) is 0 Å². The Morgan fingerprint density at radius 3 is 1.95 bits per heavy atom. The summed E-state index contributed by atoms with van der Waals surface area (Å²) in [5, 5.41) is 3.02. The summed E-state index contributed by atoms with van der Waals surface area (Å²) < 4.78 is 0. The quantitative estimate of drug-likeness (QED) is 0.783. The molecular formula is C16H27N3O3. The van der Waals surface area contributed by atoms with E-state index in [0.29, 0.717) is 26.2 Å². The van der Waals surface area contributed by atoms with Gasteiger partial charge in [0.1, 0.15) is 5.41 Å². The number of hydrogen-bond donors (Lipinski definition) is 1. The Morgan fingerprint density at radius 1 is 0.955 bits per heavy atom. The lowest BCUT2D eigenvalue weighted by molar-refractivity contribution is -0.151. The number of amides is 3. The van der Waals surface area contributed by atoms with E-state index in [9.17, 15) is 14.4 Å². The molecule has 0 aromatic rings. The van der Waals surface area contributed by atoms with E-state index in [0.717, 1.165) is 25.7 Å². The summed E-state index contributed by atoms with van der Waals surface area (Å²) in [6.07, 6.45) is 4.30. The molecule has 6 nitrogen and oxygen atoms in total. The van der Waals surface area contributed by atoms with Crippen molar-refractivity contribution in [2.45, 2.75) is 52.5 Å². The van der Waals surface area contributed by atoms with E-state index in [1.807, 2.05) is 0 Å². The van der Waals surface area contributed by atoms with Crippen LogP contribution in [0.3, 0.4) is 0 Å². The van der Waals surface area contributed by atoms with Crippen LogP contribution in [0.15, 0.2) is 0 Å². The fourth-order valence-corrected chi connectivity index (χ4v) is 3.15. The summed E-state index contributed by atoms with van der Waals surface area (Å²) in [4.78, 5) is 39.9. The summed E-state index contributed by atoms with van der Waals surface area (Å²) in [6.45, 7) is 7.00. The molecule has 2 aliphatic rings. The molecule has 0 aromatic carbocycles. The van der Waals surface area contributed by atoms with Crippen LogP contribution in [0.1, 0.15) is 46.5 Å². The summed E-state index contributed by atoms with van der Waals surface area (Å²) in [6, 6.07) is 0.217. The predicted molar refractivity (Wildman–Crippen MR) is 83.0 cm³/mol. The molecule has 0 bridgehead atoms. The molecule has 0 radical (unpaired) electrons. The maximum atomic E-state index is 12.7. The molecule has 0 spiro atoms. The number of rotatable bonds is 3. The topological polar surface area (TPSA) is 69.7 Å². The highest BCUT2D eigenvalue weighted by Gasteiger charge is 2.41. The smallest absolute Gasteiger partial charge is 0.237 e. The van der Waals surface area contributed by atoms with Gasteiger partial charge in [-0.15, -0.1) is 0 Å². The number of nitrogens with zero attached hydrogens (tertiary/aromatic N) is 2. The first-order valence-electron chi connectivity index (χ1n) is 8.18. The summed E-state index contributed by atoms with van der Waals surface area (Å²) in [7, 11) is 0. The van der Waals surface area contributed by atoms with Gasteiger partial charge in [0.25, 0.3) is 0 Å². The molecule has 1 aliphatic carbocycles. The largest absolute Gasteiger partial charge is 0.352 e. The van der Waals surface area contributed by atoms with Crippen LogP contribution in [0.4, 0.5) is 0 Å². The zero-order valence-electron chi connectivity index (χ0n) is 13.9. The zero-order valence-corrected chi connectivity index (χ0v) is 13.9. The molecule has 0 unspecified atom stereocenters. The average Bonchev–Trinajstić information content (AvgIpc) is 2.99. The highest BCUT2D eigenvalue weighted by atomic mass is 16.2. The standard InChI is InChI=1S/C16H27N3O3/c1-12(20)18-8-10-19(11-9-18)15(22)16(2,3)14(21)17-13-6-4-5-7-13/h13H,4-11H2,1-3H3,(H,17,21). The number of hydrogen-bond acceptors (Lipinski definition) is 3. The van der Waals surface area contributed by atoms with Crippen molar-refractivity contribution in [2.24, 2.45) is 5.41 Å². The van der Waals surface area contributed by atoms with Crippen LogP contribution in [0.5, 0.6) is 0 Å². The number of carbonyl (C=O) groups is 3. The maximum absolute atomic E-state index is 12.7. The Balaban J connectivity index is 1.92. The lowest BCUT2D eigenvalue weighted by Gasteiger charge is -2.38. The van der Waals surface area contributed by atoms with Crippen molar-refractivity contribution in [1.82, 2.24) is 15.1 Å². The number of piperazine rings is 1. The molecule has 0 atom stereocenters. The van der Waals surface area contributed by atoms with Gasteiger partial charge < -0.3 is 15.1 Å². The van der Waals surface area contributed by atoms with Gasteiger partial charge in [-0.1, -0.05) is 12.8 Å². The highest BCUT2D eigenvalue weighted by molar-refractivity contribution is 6.04. The van der Waals surface area contributed by atoms with E-state index in [1.54, 1.807) is 23.6 Å². The second kappa shape index (κ2) is 6.67. The predicted octanol–water partition coefficient (Wildman–Crippen LogP) is 0.762. The second-order valence-electron chi connectivity index (χ2n) is 6.88. The van der Waals surface area contributed by atoms with E-state index in [-0.39, 0.29) is 23.8 Å². The summed E-state index contributed by atoms with van der Waals surface area (Å²) >= 11 is 0. The Morgan fingerprint density at radius 2 is 1.45 bits per heavy atom. The van der Waals surface area contributed by atoms with Crippen LogP contribution in [-0.4, -0.2) is 59.7 Å². The third kappa shape index (κ3) is 3.59. The third-order valence-corrected chi connectivity index (χ3v) is 4.80. The number of carbonyl (C=O) groups excluding carboxylic acids is 3. The van der Waals surface area contributed by atoms with Crippen molar-refractivity contribution in [3.63, 3.8) is 0 Å². The van der Waals surface area contributed by atoms with Crippen LogP contribution in [-0.2, 0) is 14.4 Å². The minimum atomic E-state index is -1.05.